The van der Waals surface area contributed by atoms with Crippen molar-refractivity contribution in [3.63, 3.8) is 0 Å². The van der Waals surface area contributed by atoms with E-state index in [0.717, 1.165) is 12.1 Å². The van der Waals surface area contributed by atoms with Crippen LogP contribution in [0.15, 0.2) is 48.0 Å². The van der Waals surface area contributed by atoms with E-state index >= 15 is 0 Å². The van der Waals surface area contributed by atoms with Crippen LogP contribution in [0.1, 0.15) is 17.2 Å². The van der Waals surface area contributed by atoms with Gasteiger partial charge in [-0.2, -0.15) is 0 Å². The monoisotopic (exact) mass is 458 g/mol. The van der Waals surface area contributed by atoms with Crippen molar-refractivity contribution in [3.8, 4) is 5.75 Å². The topological polar surface area (TPSA) is 79.3 Å². The Hall–Kier alpha value is -3.30. The number of aliphatic hydroxyl groups excluding tert-OH is 1. The van der Waals surface area contributed by atoms with Crippen LogP contribution < -0.4 is 4.74 Å². The lowest BCUT2D eigenvalue weighted by Crippen LogP contribution is -2.42. The zero-order chi connectivity index (χ0) is 23.5. The minimum absolute atomic E-state index is 0.0647. The lowest BCUT2D eigenvalue weighted by atomic mass is 9.95. The van der Waals surface area contributed by atoms with Crippen molar-refractivity contribution in [1.82, 2.24) is 9.80 Å². The average Bonchev–Trinajstić information content (AvgIpc) is 3.07. The molecule has 9 heteroatoms. The fraction of sp³-hybridized carbons (Fsp3) is 0.333. The van der Waals surface area contributed by atoms with Gasteiger partial charge in [0.25, 0.3) is 11.7 Å². The van der Waals surface area contributed by atoms with Gasteiger partial charge < -0.3 is 19.5 Å². The fourth-order valence-electron chi connectivity index (χ4n) is 4.22. The summed E-state index contributed by atoms with van der Waals surface area (Å²) in [5, 5.41) is 11.1. The van der Waals surface area contributed by atoms with E-state index in [1.165, 1.54) is 36.3 Å². The number of rotatable bonds is 6. The van der Waals surface area contributed by atoms with E-state index in [4.69, 9.17) is 9.47 Å². The predicted molar refractivity (Wildman–Crippen MR) is 116 cm³/mol. The number of nitrogens with zero attached hydrogens (tertiary/aromatic N) is 2. The second-order valence-electron chi connectivity index (χ2n) is 7.85. The van der Waals surface area contributed by atoms with Crippen LogP contribution >= 0.6 is 0 Å². The van der Waals surface area contributed by atoms with Gasteiger partial charge in [-0.3, -0.25) is 14.5 Å². The van der Waals surface area contributed by atoms with Crippen LogP contribution in [0, 0.1) is 11.6 Å². The Morgan fingerprint density at radius 2 is 1.82 bits per heavy atom. The minimum atomic E-state index is -1.03. The highest BCUT2D eigenvalue weighted by Crippen LogP contribution is 2.41. The molecule has 4 rings (SSSR count). The van der Waals surface area contributed by atoms with Crippen molar-refractivity contribution in [3.05, 3.63) is 70.8 Å². The van der Waals surface area contributed by atoms with Crippen LogP contribution in [0.4, 0.5) is 8.78 Å². The lowest BCUT2D eigenvalue weighted by Gasteiger charge is -2.31. The van der Waals surface area contributed by atoms with Crippen LogP contribution in [-0.4, -0.2) is 73.1 Å². The van der Waals surface area contributed by atoms with E-state index in [-0.39, 0.29) is 23.4 Å². The van der Waals surface area contributed by atoms with Gasteiger partial charge in [-0.25, -0.2) is 8.78 Å². The van der Waals surface area contributed by atoms with Crippen molar-refractivity contribution in [1.29, 1.82) is 0 Å². The Balaban J connectivity index is 1.79. The van der Waals surface area contributed by atoms with Crippen LogP contribution in [0.25, 0.3) is 5.76 Å². The predicted octanol–water partition coefficient (Wildman–Crippen LogP) is 2.73. The second-order valence-corrected chi connectivity index (χ2v) is 7.85. The number of methoxy groups -OCH3 is 1. The summed E-state index contributed by atoms with van der Waals surface area (Å²) in [6.07, 6.45) is 0. The van der Waals surface area contributed by atoms with Crippen LogP contribution in [-0.2, 0) is 14.3 Å². The molecule has 1 unspecified atom stereocenters. The number of ketones is 1. The van der Waals surface area contributed by atoms with E-state index in [1.807, 2.05) is 0 Å². The summed E-state index contributed by atoms with van der Waals surface area (Å²) < 4.78 is 38.6. The van der Waals surface area contributed by atoms with Crippen LogP contribution in [0.3, 0.4) is 0 Å². The number of Topliss-reactive ketones (excluding diaryl/α,β-unsaturated/α-hetero) is 1. The molecule has 1 amide bonds. The molecule has 2 aliphatic heterocycles. The van der Waals surface area contributed by atoms with Crippen LogP contribution in [0.2, 0.25) is 0 Å². The highest BCUT2D eigenvalue weighted by atomic mass is 19.1. The van der Waals surface area contributed by atoms with Crippen molar-refractivity contribution in [2.75, 3.05) is 46.5 Å². The Morgan fingerprint density at radius 1 is 1.09 bits per heavy atom. The van der Waals surface area contributed by atoms with E-state index in [9.17, 15) is 23.5 Å². The van der Waals surface area contributed by atoms with E-state index < -0.39 is 35.1 Å². The van der Waals surface area contributed by atoms with Gasteiger partial charge in [-0.1, -0.05) is 12.1 Å². The van der Waals surface area contributed by atoms with Gasteiger partial charge in [0.05, 0.1) is 37.5 Å². The Kier molecular flexibility index (Phi) is 6.71. The zero-order valence-corrected chi connectivity index (χ0v) is 18.1. The smallest absolute Gasteiger partial charge is 0.295 e. The maximum atomic E-state index is 14.1. The standard InChI is InChI=1S/C24H24F2N2O5/c1-32-19-6-5-17(26)14-18(19)22(29)20-21(15-3-2-4-16(25)13-15)28(24(31)23(20)30)8-7-27-9-11-33-12-10-27/h2-6,13-14,21,29H,7-12H2,1H3/b22-20+. The Bertz CT molecular complexity index is 1100. The molecule has 1 N–H and O–H groups in total. The number of carbonyl (C=O) groups is 2. The number of morpholine rings is 1. The Morgan fingerprint density at radius 3 is 2.52 bits per heavy atom. The number of hydrogen-bond acceptors (Lipinski definition) is 6. The number of halogens is 2. The van der Waals surface area contributed by atoms with Crippen LogP contribution in [0.5, 0.6) is 5.75 Å². The van der Waals surface area contributed by atoms with Crippen molar-refractivity contribution >= 4 is 17.4 Å². The first-order valence-electron chi connectivity index (χ1n) is 10.6. The van der Waals surface area contributed by atoms with E-state index in [1.54, 1.807) is 6.07 Å². The largest absolute Gasteiger partial charge is 0.507 e. The molecule has 2 aromatic rings. The van der Waals surface area contributed by atoms with Gasteiger partial charge in [0.1, 0.15) is 23.1 Å². The summed E-state index contributed by atoms with van der Waals surface area (Å²) in [6.45, 7) is 3.19. The summed E-state index contributed by atoms with van der Waals surface area (Å²) in [6, 6.07) is 7.98. The third-order valence-corrected chi connectivity index (χ3v) is 5.88. The second kappa shape index (κ2) is 9.68. The number of benzene rings is 2. The first-order valence-corrected chi connectivity index (χ1v) is 10.6. The summed E-state index contributed by atoms with van der Waals surface area (Å²) in [4.78, 5) is 29.5. The summed E-state index contributed by atoms with van der Waals surface area (Å²) in [5.74, 6) is -3.38. The van der Waals surface area contributed by atoms with Gasteiger partial charge in [-0.15, -0.1) is 0 Å². The first-order chi connectivity index (χ1) is 15.9. The highest BCUT2D eigenvalue weighted by molar-refractivity contribution is 6.46. The Labute approximate surface area is 189 Å². The molecular formula is C24H24F2N2O5. The number of hydrogen-bond donors (Lipinski definition) is 1. The van der Waals surface area contributed by atoms with Gasteiger partial charge in [-0.05, 0) is 35.9 Å². The molecule has 0 radical (unpaired) electrons. The number of aliphatic hydroxyl groups is 1. The molecule has 0 saturated carbocycles. The van der Waals surface area contributed by atoms with Crippen molar-refractivity contribution in [2.45, 2.75) is 6.04 Å². The molecule has 7 nitrogen and oxygen atoms in total. The van der Waals surface area contributed by atoms with Gasteiger partial charge in [0.2, 0.25) is 0 Å². The van der Waals surface area contributed by atoms with Gasteiger partial charge in [0.15, 0.2) is 0 Å². The minimum Gasteiger partial charge on any atom is -0.507 e. The van der Waals surface area contributed by atoms with Gasteiger partial charge >= 0.3 is 0 Å². The number of amides is 1. The SMILES string of the molecule is COc1ccc(F)cc1/C(O)=C1\C(=O)C(=O)N(CCN2CCOCC2)C1c1cccc(F)c1. The molecule has 1 atom stereocenters. The maximum Gasteiger partial charge on any atom is 0.295 e. The lowest BCUT2D eigenvalue weighted by molar-refractivity contribution is -0.140. The summed E-state index contributed by atoms with van der Waals surface area (Å²) >= 11 is 0. The van der Waals surface area contributed by atoms with E-state index in [2.05, 4.69) is 4.90 Å². The number of carbonyl (C=O) groups excluding carboxylic acids is 2. The molecule has 2 fully saturated rings. The van der Waals surface area contributed by atoms with E-state index in [0.29, 0.717) is 38.4 Å². The third kappa shape index (κ3) is 4.60. The molecule has 0 spiro atoms. The van der Waals surface area contributed by atoms with Crippen molar-refractivity contribution < 1.29 is 33.0 Å². The molecule has 2 aromatic carbocycles. The van der Waals surface area contributed by atoms with Crippen molar-refractivity contribution in [2.24, 2.45) is 0 Å². The molecule has 0 aromatic heterocycles. The molecular weight excluding hydrogens is 434 g/mol. The number of ether oxygens (including phenoxy) is 2. The molecule has 0 bridgehead atoms. The normalized spacial score (nSPS) is 20.9. The molecule has 2 saturated heterocycles. The highest BCUT2D eigenvalue weighted by Gasteiger charge is 2.46. The maximum absolute atomic E-state index is 14.1. The molecule has 2 aliphatic rings. The number of likely N-dealkylation sites (tertiary alicyclic amines) is 1. The molecule has 33 heavy (non-hydrogen) atoms. The first kappa shape index (κ1) is 22.9. The molecule has 2 heterocycles. The quantitative estimate of drug-likeness (QED) is 0.408. The molecule has 0 aliphatic carbocycles. The van der Waals surface area contributed by atoms with Gasteiger partial charge in [0, 0.05) is 26.2 Å². The average molecular weight is 458 g/mol. The zero-order valence-electron chi connectivity index (χ0n) is 18.1. The fourth-order valence-corrected chi connectivity index (χ4v) is 4.22. The summed E-state index contributed by atoms with van der Waals surface area (Å²) in [5.41, 5.74) is 0.0228. The molecule has 174 valence electrons. The third-order valence-electron chi connectivity index (χ3n) is 5.88. The summed E-state index contributed by atoms with van der Waals surface area (Å²) in [7, 11) is 1.34.